The number of rotatable bonds is 7. The number of amides is 2. The van der Waals surface area contributed by atoms with E-state index in [0.717, 1.165) is 16.9 Å². The lowest BCUT2D eigenvalue weighted by Crippen LogP contribution is -2.41. The van der Waals surface area contributed by atoms with Gasteiger partial charge in [-0.25, -0.2) is 4.79 Å². The van der Waals surface area contributed by atoms with Crippen LogP contribution in [0.4, 0.5) is 4.79 Å². The summed E-state index contributed by atoms with van der Waals surface area (Å²) in [5, 5.41) is 2.75. The summed E-state index contributed by atoms with van der Waals surface area (Å²) in [6.07, 6.45) is -0.532. The number of hydrogen-bond donors (Lipinski definition) is 1. The molecule has 0 spiro atoms. The summed E-state index contributed by atoms with van der Waals surface area (Å²) in [7, 11) is 1.53. The number of benzene rings is 2. The minimum absolute atomic E-state index is 0.0739. The number of carbonyl (C=O) groups is 2. The number of carbonyl (C=O) groups excluding carboxylic acids is 2. The van der Waals surface area contributed by atoms with Crippen molar-refractivity contribution in [3.05, 3.63) is 54.6 Å². The van der Waals surface area contributed by atoms with Gasteiger partial charge in [-0.15, -0.1) is 0 Å². The Bertz CT molecular complexity index is 785. The molecule has 0 atom stereocenters. The van der Waals surface area contributed by atoms with Gasteiger partial charge in [-0.2, -0.15) is 0 Å². The fourth-order valence-electron chi connectivity index (χ4n) is 2.48. The van der Waals surface area contributed by atoms with Crippen LogP contribution < -0.4 is 10.1 Å². The Morgan fingerprint density at radius 3 is 2.32 bits per heavy atom. The molecule has 0 aliphatic carbocycles. The number of nitrogens with one attached hydrogen (secondary N) is 1. The average molecular weight is 384 g/mol. The van der Waals surface area contributed by atoms with Gasteiger partial charge in [0.1, 0.15) is 24.5 Å². The molecule has 0 aromatic heterocycles. The van der Waals surface area contributed by atoms with E-state index in [-0.39, 0.29) is 12.5 Å². The Morgan fingerprint density at radius 2 is 1.64 bits per heavy atom. The Morgan fingerprint density at radius 1 is 1.00 bits per heavy atom. The molecule has 0 unspecified atom stereocenters. The van der Waals surface area contributed by atoms with Crippen molar-refractivity contribution in [1.29, 1.82) is 0 Å². The second kappa shape index (κ2) is 9.78. The zero-order valence-corrected chi connectivity index (χ0v) is 16.9. The van der Waals surface area contributed by atoms with Crippen LogP contribution in [0.2, 0.25) is 0 Å². The van der Waals surface area contributed by atoms with Gasteiger partial charge < -0.3 is 19.7 Å². The molecule has 2 rings (SSSR count). The Kier molecular flexibility index (Phi) is 7.44. The van der Waals surface area contributed by atoms with Crippen LogP contribution in [0.5, 0.6) is 5.75 Å². The zero-order valence-electron chi connectivity index (χ0n) is 16.9. The fraction of sp³-hybridized carbons (Fsp3) is 0.364. The molecule has 0 aliphatic rings. The van der Waals surface area contributed by atoms with Crippen LogP contribution in [0.15, 0.2) is 54.6 Å². The molecule has 0 bridgehead atoms. The number of hydrogen-bond acceptors (Lipinski definition) is 4. The smallest absolute Gasteiger partial charge is 0.410 e. The van der Waals surface area contributed by atoms with Gasteiger partial charge in [0.25, 0.3) is 0 Å². The standard InChI is InChI=1S/C22H28N2O4/c1-22(2,3)28-21(26)24(4)16-20(25)23-14-15-27-19-13-9-8-12-18(19)17-10-6-5-7-11-17/h5-13H,14-16H2,1-4H3,(H,23,25). The van der Waals surface area contributed by atoms with Crippen LogP contribution in [0.25, 0.3) is 11.1 Å². The van der Waals surface area contributed by atoms with Gasteiger partial charge in [0.15, 0.2) is 0 Å². The SMILES string of the molecule is CN(CC(=O)NCCOc1ccccc1-c1ccccc1)C(=O)OC(C)(C)C. The summed E-state index contributed by atoms with van der Waals surface area (Å²) in [6.45, 7) is 5.93. The highest BCUT2D eigenvalue weighted by Gasteiger charge is 2.20. The van der Waals surface area contributed by atoms with Crippen molar-refractivity contribution in [2.24, 2.45) is 0 Å². The Hall–Kier alpha value is -3.02. The number of likely N-dealkylation sites (N-methyl/N-ethyl adjacent to an activating group) is 1. The van der Waals surface area contributed by atoms with Crippen molar-refractivity contribution in [3.63, 3.8) is 0 Å². The highest BCUT2D eigenvalue weighted by molar-refractivity contribution is 5.82. The maximum Gasteiger partial charge on any atom is 0.410 e. The first-order chi connectivity index (χ1) is 13.3. The summed E-state index contributed by atoms with van der Waals surface area (Å²) in [6, 6.07) is 17.8. The van der Waals surface area contributed by atoms with E-state index in [0.29, 0.717) is 13.2 Å². The lowest BCUT2D eigenvalue weighted by molar-refractivity contribution is -0.122. The molecule has 150 valence electrons. The lowest BCUT2D eigenvalue weighted by Gasteiger charge is -2.24. The van der Waals surface area contributed by atoms with Gasteiger partial charge in [-0.05, 0) is 32.4 Å². The molecule has 28 heavy (non-hydrogen) atoms. The van der Waals surface area contributed by atoms with Crippen LogP contribution in [0.1, 0.15) is 20.8 Å². The first-order valence-electron chi connectivity index (χ1n) is 9.24. The summed E-state index contributed by atoms with van der Waals surface area (Å²) in [5.41, 5.74) is 1.47. The predicted molar refractivity (Wildman–Crippen MR) is 109 cm³/mol. The van der Waals surface area contributed by atoms with Gasteiger partial charge in [0.2, 0.25) is 5.91 Å². The predicted octanol–water partition coefficient (Wildman–Crippen LogP) is 3.72. The molecular weight excluding hydrogens is 356 g/mol. The van der Waals surface area contributed by atoms with Crippen LogP contribution in [-0.4, -0.2) is 49.2 Å². The van der Waals surface area contributed by atoms with Gasteiger partial charge >= 0.3 is 6.09 Å². The normalized spacial score (nSPS) is 10.9. The third-order valence-electron chi connectivity index (χ3n) is 3.74. The second-order valence-electron chi connectivity index (χ2n) is 7.40. The largest absolute Gasteiger partial charge is 0.491 e. The van der Waals surface area contributed by atoms with E-state index in [1.165, 1.54) is 11.9 Å². The molecule has 2 aromatic carbocycles. The molecule has 0 saturated carbocycles. The van der Waals surface area contributed by atoms with E-state index in [1.807, 2.05) is 54.6 Å². The van der Waals surface area contributed by atoms with Crippen LogP contribution >= 0.6 is 0 Å². The molecule has 6 nitrogen and oxygen atoms in total. The molecule has 2 aromatic rings. The van der Waals surface area contributed by atoms with E-state index >= 15 is 0 Å². The molecule has 0 fully saturated rings. The second-order valence-corrected chi connectivity index (χ2v) is 7.40. The van der Waals surface area contributed by atoms with Gasteiger partial charge in [0, 0.05) is 12.6 Å². The van der Waals surface area contributed by atoms with Crippen LogP contribution in [-0.2, 0) is 9.53 Å². The Balaban J connectivity index is 1.79. The van der Waals surface area contributed by atoms with E-state index in [9.17, 15) is 9.59 Å². The van der Waals surface area contributed by atoms with Crippen molar-refractivity contribution in [2.75, 3.05) is 26.7 Å². The van der Waals surface area contributed by atoms with Crippen LogP contribution in [0.3, 0.4) is 0 Å². The van der Waals surface area contributed by atoms with Crippen molar-refractivity contribution >= 4 is 12.0 Å². The lowest BCUT2D eigenvalue weighted by atomic mass is 10.1. The van der Waals surface area contributed by atoms with E-state index in [2.05, 4.69) is 5.32 Å². The highest BCUT2D eigenvalue weighted by Crippen LogP contribution is 2.29. The third-order valence-corrected chi connectivity index (χ3v) is 3.74. The first-order valence-corrected chi connectivity index (χ1v) is 9.24. The quantitative estimate of drug-likeness (QED) is 0.739. The molecular formula is C22H28N2O4. The summed E-state index contributed by atoms with van der Waals surface area (Å²) in [5.74, 6) is 0.488. The van der Waals surface area contributed by atoms with Gasteiger partial charge in [-0.1, -0.05) is 48.5 Å². The van der Waals surface area contributed by atoms with Crippen LogP contribution in [0, 0.1) is 0 Å². The average Bonchev–Trinajstić information content (AvgIpc) is 2.65. The van der Waals surface area contributed by atoms with Gasteiger partial charge in [-0.3, -0.25) is 4.79 Å². The van der Waals surface area contributed by atoms with Crippen molar-refractivity contribution in [2.45, 2.75) is 26.4 Å². The zero-order chi connectivity index (χ0) is 20.6. The van der Waals surface area contributed by atoms with Crippen molar-refractivity contribution < 1.29 is 19.1 Å². The van der Waals surface area contributed by atoms with Crippen molar-refractivity contribution in [1.82, 2.24) is 10.2 Å². The molecule has 0 aliphatic heterocycles. The topological polar surface area (TPSA) is 67.9 Å². The molecule has 0 saturated heterocycles. The minimum atomic E-state index is -0.595. The molecule has 0 heterocycles. The highest BCUT2D eigenvalue weighted by atomic mass is 16.6. The summed E-state index contributed by atoms with van der Waals surface area (Å²) in [4.78, 5) is 25.1. The summed E-state index contributed by atoms with van der Waals surface area (Å²) < 4.78 is 11.1. The van der Waals surface area contributed by atoms with E-state index < -0.39 is 11.7 Å². The maximum absolute atomic E-state index is 12.0. The Labute approximate surface area is 166 Å². The third kappa shape index (κ3) is 6.95. The molecule has 2 amide bonds. The van der Waals surface area contributed by atoms with E-state index in [1.54, 1.807) is 20.8 Å². The molecule has 1 N–H and O–H groups in total. The molecule has 6 heteroatoms. The minimum Gasteiger partial charge on any atom is -0.491 e. The summed E-state index contributed by atoms with van der Waals surface area (Å²) >= 11 is 0. The fourth-order valence-corrected chi connectivity index (χ4v) is 2.48. The van der Waals surface area contributed by atoms with Gasteiger partial charge in [0.05, 0.1) is 6.54 Å². The monoisotopic (exact) mass is 384 g/mol. The number of nitrogens with zero attached hydrogens (tertiary/aromatic N) is 1. The first kappa shape index (κ1) is 21.3. The maximum atomic E-state index is 12.0. The van der Waals surface area contributed by atoms with E-state index in [4.69, 9.17) is 9.47 Å². The van der Waals surface area contributed by atoms with Crippen molar-refractivity contribution in [3.8, 4) is 16.9 Å². The number of ether oxygens (including phenoxy) is 2. The molecule has 0 radical (unpaired) electrons. The number of para-hydroxylation sites is 1.